The molecule has 98 valence electrons. The van der Waals surface area contributed by atoms with E-state index < -0.39 is 0 Å². The summed E-state index contributed by atoms with van der Waals surface area (Å²) in [6.45, 7) is 6.57. The van der Waals surface area contributed by atoms with Gasteiger partial charge in [0.25, 0.3) is 0 Å². The summed E-state index contributed by atoms with van der Waals surface area (Å²) in [5.41, 5.74) is 4.73. The Morgan fingerprint density at radius 2 is 1.70 bits per heavy atom. The number of aromatic nitrogens is 1. The molecule has 0 unspecified atom stereocenters. The average Bonchev–Trinajstić information content (AvgIpc) is 2.81. The molecular weight excluding hydrogens is 245 g/mol. The van der Waals surface area contributed by atoms with E-state index in [2.05, 4.69) is 37.9 Å². The van der Waals surface area contributed by atoms with Gasteiger partial charge in [0.2, 0.25) is 5.89 Å². The Morgan fingerprint density at radius 1 is 1.00 bits per heavy atom. The number of nitrogens with zero attached hydrogens (tertiary/aromatic N) is 1. The van der Waals surface area contributed by atoms with Crippen molar-refractivity contribution in [3.05, 3.63) is 48.0 Å². The van der Waals surface area contributed by atoms with Crippen LogP contribution in [0.25, 0.3) is 22.6 Å². The molecule has 2 aromatic carbocycles. The number of hydrogen-bond acceptors (Lipinski definition) is 2. The first-order valence-electron chi connectivity index (χ1n) is 6.70. The fourth-order valence-corrected chi connectivity index (χ4v) is 2.14. The highest BCUT2D eigenvalue weighted by atomic mass is 16.3. The van der Waals surface area contributed by atoms with Gasteiger partial charge in [0, 0.05) is 5.56 Å². The van der Waals surface area contributed by atoms with Crippen LogP contribution in [0.4, 0.5) is 0 Å². The molecule has 0 saturated carbocycles. The lowest BCUT2D eigenvalue weighted by Gasteiger charge is -2.18. The Balaban J connectivity index is 2.09. The van der Waals surface area contributed by atoms with Crippen molar-refractivity contribution >= 4 is 24.4 Å². The van der Waals surface area contributed by atoms with Crippen LogP contribution in [0.3, 0.4) is 0 Å². The molecule has 20 heavy (non-hydrogen) atoms. The maximum absolute atomic E-state index is 5.81. The number of hydrogen-bond donors (Lipinski definition) is 0. The van der Waals surface area contributed by atoms with Gasteiger partial charge in [0.05, 0.1) is 0 Å². The largest absolute Gasteiger partial charge is 0.436 e. The molecule has 0 N–H and O–H groups in total. The highest BCUT2D eigenvalue weighted by molar-refractivity contribution is 6.32. The van der Waals surface area contributed by atoms with Gasteiger partial charge in [-0.25, -0.2) is 4.98 Å². The van der Waals surface area contributed by atoms with Crippen LogP contribution in [0.2, 0.25) is 0 Å². The zero-order chi connectivity index (χ0) is 14.3. The quantitative estimate of drug-likeness (QED) is 0.626. The Kier molecular flexibility index (Phi) is 2.93. The van der Waals surface area contributed by atoms with Gasteiger partial charge in [-0.2, -0.15) is 0 Å². The van der Waals surface area contributed by atoms with Crippen LogP contribution in [0.5, 0.6) is 0 Å². The first-order chi connectivity index (χ1) is 9.43. The molecule has 0 bridgehead atoms. The lowest BCUT2D eigenvalue weighted by atomic mass is 9.87. The van der Waals surface area contributed by atoms with Crippen molar-refractivity contribution in [3.8, 4) is 11.5 Å². The van der Waals surface area contributed by atoms with Crippen LogP contribution in [-0.2, 0) is 5.41 Å². The Bertz CT molecular complexity index is 751. The third kappa shape index (κ3) is 2.36. The van der Waals surface area contributed by atoms with Gasteiger partial charge in [0.1, 0.15) is 13.4 Å². The first kappa shape index (κ1) is 13.0. The van der Waals surface area contributed by atoms with E-state index >= 15 is 0 Å². The molecule has 1 heterocycles. The minimum Gasteiger partial charge on any atom is -0.436 e. The number of oxazole rings is 1. The van der Waals surface area contributed by atoms with Crippen molar-refractivity contribution in [1.29, 1.82) is 0 Å². The Morgan fingerprint density at radius 3 is 2.35 bits per heavy atom. The summed E-state index contributed by atoms with van der Waals surface area (Å²) in [4.78, 5) is 4.58. The number of benzene rings is 2. The molecule has 3 heteroatoms. The third-order valence-corrected chi connectivity index (χ3v) is 3.41. The summed E-state index contributed by atoms with van der Waals surface area (Å²) < 4.78 is 5.81. The molecule has 2 radical (unpaired) electrons. The predicted molar refractivity (Wildman–Crippen MR) is 83.5 cm³/mol. The molecule has 0 spiro atoms. The fraction of sp³-hybridized carbons (Fsp3) is 0.235. The monoisotopic (exact) mass is 261 g/mol. The van der Waals surface area contributed by atoms with E-state index in [4.69, 9.17) is 12.3 Å². The molecule has 0 fully saturated rings. The van der Waals surface area contributed by atoms with Crippen molar-refractivity contribution in [2.24, 2.45) is 0 Å². The summed E-state index contributed by atoms with van der Waals surface area (Å²) in [6, 6.07) is 13.7. The second-order valence-electron chi connectivity index (χ2n) is 6.07. The van der Waals surface area contributed by atoms with Crippen molar-refractivity contribution < 1.29 is 4.42 Å². The van der Waals surface area contributed by atoms with Gasteiger partial charge in [-0.05, 0) is 23.1 Å². The summed E-state index contributed by atoms with van der Waals surface area (Å²) in [7, 11) is 5.70. The van der Waals surface area contributed by atoms with E-state index in [1.54, 1.807) is 0 Å². The maximum Gasteiger partial charge on any atom is 0.227 e. The zero-order valence-electron chi connectivity index (χ0n) is 12.0. The van der Waals surface area contributed by atoms with Crippen LogP contribution < -0.4 is 5.46 Å². The van der Waals surface area contributed by atoms with Gasteiger partial charge in [-0.15, -0.1) is 0 Å². The van der Waals surface area contributed by atoms with Crippen LogP contribution in [0, 0.1) is 0 Å². The lowest BCUT2D eigenvalue weighted by Crippen LogP contribution is -2.10. The Hall–Kier alpha value is -2.03. The standard InChI is InChI=1S/C17H16BNO/c1-17(2,3)12-6-9-15-14(10-12)19-16(20-15)11-4-7-13(18)8-5-11/h4-10H,1-3H3. The van der Waals surface area contributed by atoms with Crippen molar-refractivity contribution in [3.63, 3.8) is 0 Å². The average molecular weight is 261 g/mol. The maximum atomic E-state index is 5.81. The highest BCUT2D eigenvalue weighted by Crippen LogP contribution is 2.28. The van der Waals surface area contributed by atoms with Crippen LogP contribution >= 0.6 is 0 Å². The van der Waals surface area contributed by atoms with Gasteiger partial charge in [-0.1, -0.05) is 56.6 Å². The van der Waals surface area contributed by atoms with Crippen molar-refractivity contribution in [1.82, 2.24) is 4.98 Å². The van der Waals surface area contributed by atoms with E-state index in [0.29, 0.717) is 5.89 Å². The molecule has 1 aromatic heterocycles. The molecule has 0 atom stereocenters. The SMILES string of the molecule is [B]c1ccc(-c2nc3cc(C(C)(C)C)ccc3o2)cc1. The highest BCUT2D eigenvalue weighted by Gasteiger charge is 2.16. The minimum absolute atomic E-state index is 0.106. The van der Waals surface area contributed by atoms with E-state index in [-0.39, 0.29) is 5.41 Å². The van der Waals surface area contributed by atoms with Crippen LogP contribution in [0.15, 0.2) is 46.9 Å². The molecule has 0 amide bonds. The van der Waals surface area contributed by atoms with Gasteiger partial charge in [0.15, 0.2) is 5.58 Å². The van der Waals surface area contributed by atoms with Crippen molar-refractivity contribution in [2.45, 2.75) is 26.2 Å². The molecule has 0 aliphatic carbocycles. The van der Waals surface area contributed by atoms with Crippen LogP contribution in [-0.4, -0.2) is 12.8 Å². The minimum atomic E-state index is 0.106. The number of fused-ring (bicyclic) bond motifs is 1. The molecule has 0 aliphatic heterocycles. The molecule has 0 saturated heterocycles. The smallest absolute Gasteiger partial charge is 0.227 e. The molecule has 0 aliphatic rings. The zero-order valence-corrected chi connectivity index (χ0v) is 12.0. The summed E-state index contributed by atoms with van der Waals surface area (Å²) in [6.07, 6.45) is 0. The second-order valence-corrected chi connectivity index (χ2v) is 6.07. The van der Waals surface area contributed by atoms with Crippen LogP contribution in [0.1, 0.15) is 26.3 Å². The summed E-state index contributed by atoms with van der Waals surface area (Å²) in [5.74, 6) is 0.631. The lowest BCUT2D eigenvalue weighted by molar-refractivity contribution is 0.590. The van der Waals surface area contributed by atoms with E-state index in [0.717, 1.165) is 22.1 Å². The Labute approximate surface area is 120 Å². The molecular formula is C17H16BNO. The predicted octanol–water partition coefficient (Wildman–Crippen LogP) is 3.59. The second kappa shape index (κ2) is 4.52. The van der Waals surface area contributed by atoms with Gasteiger partial charge < -0.3 is 4.42 Å². The fourth-order valence-electron chi connectivity index (χ4n) is 2.14. The van der Waals surface area contributed by atoms with Crippen molar-refractivity contribution in [2.75, 3.05) is 0 Å². The van der Waals surface area contributed by atoms with E-state index in [9.17, 15) is 0 Å². The molecule has 2 nitrogen and oxygen atoms in total. The van der Waals surface area contributed by atoms with E-state index in [1.165, 1.54) is 5.56 Å². The third-order valence-electron chi connectivity index (χ3n) is 3.41. The molecule has 3 aromatic rings. The topological polar surface area (TPSA) is 26.0 Å². The summed E-state index contributed by atoms with van der Waals surface area (Å²) >= 11 is 0. The normalized spacial score (nSPS) is 11.9. The summed E-state index contributed by atoms with van der Waals surface area (Å²) in [5, 5.41) is 0. The van der Waals surface area contributed by atoms with Gasteiger partial charge in [-0.3, -0.25) is 0 Å². The molecule has 3 rings (SSSR count). The number of rotatable bonds is 1. The van der Waals surface area contributed by atoms with Gasteiger partial charge >= 0.3 is 0 Å². The van der Waals surface area contributed by atoms with E-state index in [1.807, 2.05) is 30.3 Å². The first-order valence-corrected chi connectivity index (χ1v) is 6.70.